The Morgan fingerprint density at radius 3 is 2.53 bits per heavy atom. The van der Waals surface area contributed by atoms with Gasteiger partial charge in [-0.15, -0.1) is 0 Å². The van der Waals surface area contributed by atoms with Crippen molar-refractivity contribution in [2.75, 3.05) is 7.11 Å². The normalized spacial score (nSPS) is 10.2. The number of benzene rings is 1. The Labute approximate surface area is 93.9 Å². The summed E-state index contributed by atoms with van der Waals surface area (Å²) in [6.45, 7) is 3.79. The summed E-state index contributed by atoms with van der Waals surface area (Å²) in [7, 11) is 1.48. The highest BCUT2D eigenvalue weighted by atomic mass is 35.5. The molecule has 0 aliphatic rings. The van der Waals surface area contributed by atoms with E-state index in [1.807, 2.05) is 13.8 Å². The largest absolute Gasteiger partial charge is 0.492 e. The molecule has 0 aliphatic carbocycles. The van der Waals surface area contributed by atoms with Gasteiger partial charge in [0.15, 0.2) is 11.5 Å². The van der Waals surface area contributed by atoms with Gasteiger partial charge in [-0.2, -0.15) is 0 Å². The van der Waals surface area contributed by atoms with Gasteiger partial charge in [0, 0.05) is 0 Å². The molecule has 1 rings (SSSR count). The van der Waals surface area contributed by atoms with Gasteiger partial charge in [-0.3, -0.25) is 4.79 Å². The zero-order valence-corrected chi connectivity index (χ0v) is 9.67. The molecule has 0 bridgehead atoms. The summed E-state index contributed by atoms with van der Waals surface area (Å²) in [6.07, 6.45) is 0.0135. The molecule has 0 heterocycles. The maximum absolute atomic E-state index is 11.1. The van der Waals surface area contributed by atoms with E-state index in [-0.39, 0.29) is 6.10 Å². The molecule has 0 fully saturated rings. The first-order valence-electron chi connectivity index (χ1n) is 4.59. The molecule has 0 spiro atoms. The van der Waals surface area contributed by atoms with Gasteiger partial charge >= 0.3 is 0 Å². The second-order valence-electron chi connectivity index (χ2n) is 3.28. The van der Waals surface area contributed by atoms with E-state index in [0.717, 1.165) is 0 Å². The summed E-state index contributed by atoms with van der Waals surface area (Å²) in [5.41, 5.74) is 0.317. The number of rotatable bonds is 4. The SMILES string of the molecule is COc1c(OC(C)C)cccc1C(=O)Cl. The lowest BCUT2D eigenvalue weighted by atomic mass is 10.2. The second-order valence-corrected chi connectivity index (χ2v) is 3.62. The van der Waals surface area contributed by atoms with Gasteiger partial charge in [-0.05, 0) is 37.6 Å². The number of ether oxygens (including phenoxy) is 2. The van der Waals surface area contributed by atoms with E-state index in [9.17, 15) is 4.79 Å². The Balaban J connectivity index is 3.16. The second kappa shape index (κ2) is 5.03. The predicted molar refractivity (Wildman–Crippen MR) is 58.9 cm³/mol. The molecule has 1 aromatic carbocycles. The molecule has 0 saturated heterocycles. The molecule has 0 amide bonds. The Kier molecular flexibility index (Phi) is 3.97. The van der Waals surface area contributed by atoms with Crippen LogP contribution in [0.25, 0.3) is 0 Å². The first kappa shape index (κ1) is 11.9. The number of carbonyl (C=O) groups excluding carboxylic acids is 1. The summed E-state index contributed by atoms with van der Waals surface area (Å²) in [5, 5.41) is -0.555. The maximum atomic E-state index is 11.1. The van der Waals surface area contributed by atoms with E-state index in [0.29, 0.717) is 17.1 Å². The number of para-hydroxylation sites is 1. The third-order valence-electron chi connectivity index (χ3n) is 1.76. The number of hydrogen-bond donors (Lipinski definition) is 0. The van der Waals surface area contributed by atoms with E-state index in [1.54, 1.807) is 18.2 Å². The van der Waals surface area contributed by atoms with Crippen LogP contribution in [-0.4, -0.2) is 18.5 Å². The minimum Gasteiger partial charge on any atom is -0.492 e. The standard InChI is InChI=1S/C11H13ClO3/c1-7(2)15-9-6-4-5-8(11(12)13)10(9)14-3/h4-7H,1-3H3. The molecule has 4 heteroatoms. The molecule has 82 valence electrons. The first-order valence-corrected chi connectivity index (χ1v) is 4.97. The number of hydrogen-bond acceptors (Lipinski definition) is 3. The van der Waals surface area contributed by atoms with Crippen molar-refractivity contribution in [3.8, 4) is 11.5 Å². The van der Waals surface area contributed by atoms with Crippen LogP contribution in [0, 0.1) is 0 Å². The van der Waals surface area contributed by atoms with Crippen molar-refractivity contribution in [2.45, 2.75) is 20.0 Å². The monoisotopic (exact) mass is 228 g/mol. The van der Waals surface area contributed by atoms with E-state index in [2.05, 4.69) is 0 Å². The topological polar surface area (TPSA) is 35.5 Å². The minimum absolute atomic E-state index is 0.0135. The molecule has 15 heavy (non-hydrogen) atoms. The average molecular weight is 229 g/mol. The minimum atomic E-state index is -0.555. The summed E-state index contributed by atoms with van der Waals surface area (Å²) in [6, 6.07) is 5.04. The molecule has 0 atom stereocenters. The Morgan fingerprint density at radius 1 is 1.40 bits per heavy atom. The van der Waals surface area contributed by atoms with Gasteiger partial charge in [0.2, 0.25) is 0 Å². The molecule has 3 nitrogen and oxygen atoms in total. The number of methoxy groups -OCH3 is 1. The molecule has 0 aliphatic heterocycles. The highest BCUT2D eigenvalue weighted by Gasteiger charge is 2.15. The quantitative estimate of drug-likeness (QED) is 0.744. The molecule has 0 N–H and O–H groups in total. The Morgan fingerprint density at radius 2 is 2.07 bits per heavy atom. The molecular formula is C11H13ClO3. The average Bonchev–Trinajstić information content (AvgIpc) is 2.16. The lowest BCUT2D eigenvalue weighted by molar-refractivity contribution is 0.107. The van der Waals surface area contributed by atoms with E-state index < -0.39 is 5.24 Å². The fourth-order valence-electron chi connectivity index (χ4n) is 1.23. The first-order chi connectivity index (χ1) is 7.06. The van der Waals surface area contributed by atoms with Crippen molar-refractivity contribution < 1.29 is 14.3 Å². The van der Waals surface area contributed by atoms with Crippen molar-refractivity contribution in [3.63, 3.8) is 0 Å². The highest BCUT2D eigenvalue weighted by Crippen LogP contribution is 2.32. The fraction of sp³-hybridized carbons (Fsp3) is 0.364. The van der Waals surface area contributed by atoms with Crippen LogP contribution in [0.15, 0.2) is 18.2 Å². The molecular weight excluding hydrogens is 216 g/mol. The Hall–Kier alpha value is -1.22. The zero-order valence-electron chi connectivity index (χ0n) is 8.91. The van der Waals surface area contributed by atoms with Crippen LogP contribution >= 0.6 is 11.6 Å². The lowest BCUT2D eigenvalue weighted by Gasteiger charge is -2.14. The van der Waals surface area contributed by atoms with Gasteiger partial charge in [0.1, 0.15) is 0 Å². The van der Waals surface area contributed by atoms with Crippen molar-refractivity contribution in [3.05, 3.63) is 23.8 Å². The van der Waals surface area contributed by atoms with Crippen LogP contribution in [0.5, 0.6) is 11.5 Å². The Bertz CT molecular complexity index is 361. The molecule has 0 unspecified atom stereocenters. The van der Waals surface area contributed by atoms with E-state index in [1.165, 1.54) is 7.11 Å². The van der Waals surface area contributed by atoms with Crippen LogP contribution in [0.2, 0.25) is 0 Å². The van der Waals surface area contributed by atoms with E-state index in [4.69, 9.17) is 21.1 Å². The van der Waals surface area contributed by atoms with Crippen molar-refractivity contribution in [1.82, 2.24) is 0 Å². The number of carbonyl (C=O) groups is 1. The van der Waals surface area contributed by atoms with Gasteiger partial charge in [-0.25, -0.2) is 0 Å². The van der Waals surface area contributed by atoms with Gasteiger partial charge in [0.05, 0.1) is 18.8 Å². The lowest BCUT2D eigenvalue weighted by Crippen LogP contribution is -2.08. The molecule has 0 radical (unpaired) electrons. The van der Waals surface area contributed by atoms with Gasteiger partial charge in [0.25, 0.3) is 5.24 Å². The van der Waals surface area contributed by atoms with E-state index >= 15 is 0 Å². The maximum Gasteiger partial charge on any atom is 0.256 e. The van der Waals surface area contributed by atoms with Crippen LogP contribution in [0.4, 0.5) is 0 Å². The van der Waals surface area contributed by atoms with Gasteiger partial charge in [-0.1, -0.05) is 6.07 Å². The zero-order chi connectivity index (χ0) is 11.4. The van der Waals surface area contributed by atoms with Crippen LogP contribution in [0.3, 0.4) is 0 Å². The van der Waals surface area contributed by atoms with Gasteiger partial charge < -0.3 is 9.47 Å². The summed E-state index contributed by atoms with van der Waals surface area (Å²) in [5.74, 6) is 0.908. The fourth-order valence-corrected chi connectivity index (χ4v) is 1.38. The summed E-state index contributed by atoms with van der Waals surface area (Å²) in [4.78, 5) is 11.1. The third kappa shape index (κ3) is 2.86. The van der Waals surface area contributed by atoms with Crippen molar-refractivity contribution in [2.24, 2.45) is 0 Å². The van der Waals surface area contributed by atoms with Crippen LogP contribution in [0.1, 0.15) is 24.2 Å². The van der Waals surface area contributed by atoms with Crippen LogP contribution < -0.4 is 9.47 Å². The number of halogens is 1. The van der Waals surface area contributed by atoms with Crippen molar-refractivity contribution in [1.29, 1.82) is 0 Å². The molecule has 1 aromatic rings. The summed E-state index contributed by atoms with van der Waals surface area (Å²) >= 11 is 5.42. The molecule has 0 aromatic heterocycles. The third-order valence-corrected chi connectivity index (χ3v) is 1.96. The summed E-state index contributed by atoms with van der Waals surface area (Å²) < 4.78 is 10.6. The predicted octanol–water partition coefficient (Wildman–Crippen LogP) is 2.86. The van der Waals surface area contributed by atoms with Crippen molar-refractivity contribution >= 4 is 16.8 Å². The highest BCUT2D eigenvalue weighted by molar-refractivity contribution is 6.68. The smallest absolute Gasteiger partial charge is 0.256 e. The molecule has 0 saturated carbocycles. The van der Waals surface area contributed by atoms with Crippen LogP contribution in [-0.2, 0) is 0 Å².